The number of aryl methyl sites for hydroxylation is 1. The zero-order valence-electron chi connectivity index (χ0n) is 27.1. The summed E-state index contributed by atoms with van der Waals surface area (Å²) in [5, 5.41) is 0.789. The van der Waals surface area contributed by atoms with E-state index in [0.717, 1.165) is 61.1 Å². The van der Waals surface area contributed by atoms with Crippen molar-refractivity contribution in [1.82, 2.24) is 9.97 Å². The third-order valence-corrected chi connectivity index (χ3v) is 11.7. The van der Waals surface area contributed by atoms with Gasteiger partial charge in [-0.1, -0.05) is 24.1 Å². The molecule has 0 N–H and O–H groups in total. The number of benzene rings is 2. The minimum atomic E-state index is -0.326. The van der Waals surface area contributed by atoms with E-state index in [1.165, 1.54) is 56.8 Å². The molecule has 2 heterocycles. The molecule has 3 aromatic rings. The highest BCUT2D eigenvalue weighted by molar-refractivity contribution is 6.30. The van der Waals surface area contributed by atoms with Crippen LogP contribution in [0.15, 0.2) is 54.9 Å². The monoisotopic (exact) mass is 643 g/mol. The largest absolute Gasteiger partial charge is 0.490 e. The smallest absolute Gasteiger partial charge is 0.337 e. The minimum Gasteiger partial charge on any atom is -0.490 e. The van der Waals surface area contributed by atoms with Gasteiger partial charge in [0.15, 0.2) is 0 Å². The van der Waals surface area contributed by atoms with Gasteiger partial charge in [-0.05, 0) is 123 Å². The molecule has 0 radical (unpaired) electrons. The number of halogens is 1. The molecule has 4 aliphatic rings. The summed E-state index contributed by atoms with van der Waals surface area (Å²) in [7, 11) is 3.36. The fourth-order valence-electron chi connectivity index (χ4n) is 9.12. The normalized spacial score (nSPS) is 27.8. The van der Waals surface area contributed by atoms with E-state index in [-0.39, 0.29) is 17.5 Å². The summed E-state index contributed by atoms with van der Waals surface area (Å²) in [6, 6.07) is 14.0. The van der Waals surface area contributed by atoms with E-state index < -0.39 is 0 Å². The van der Waals surface area contributed by atoms with Crippen LogP contribution in [0.4, 0.5) is 5.69 Å². The molecule has 1 spiro atoms. The van der Waals surface area contributed by atoms with Crippen LogP contribution in [0.25, 0.3) is 0 Å². The quantitative estimate of drug-likeness (QED) is 0.236. The Morgan fingerprint density at radius 3 is 2.74 bits per heavy atom. The number of hydrogen-bond donors (Lipinski definition) is 0. The molecule has 46 heavy (non-hydrogen) atoms. The summed E-state index contributed by atoms with van der Waals surface area (Å²) >= 11 is 6.46. The topological polar surface area (TPSA) is 73.8 Å². The summed E-state index contributed by atoms with van der Waals surface area (Å²) in [4.78, 5) is 24.2. The number of hydrogen-bond acceptors (Lipinski definition) is 7. The van der Waals surface area contributed by atoms with Crippen LogP contribution in [0.3, 0.4) is 0 Å². The average Bonchev–Trinajstić information content (AvgIpc) is 3.22. The van der Waals surface area contributed by atoms with Crippen LogP contribution in [-0.4, -0.2) is 56.0 Å². The maximum absolute atomic E-state index is 12.7. The van der Waals surface area contributed by atoms with Crippen molar-refractivity contribution in [3.8, 4) is 5.75 Å². The molecule has 8 heteroatoms. The van der Waals surface area contributed by atoms with Gasteiger partial charge in [-0.25, -0.2) is 14.8 Å². The van der Waals surface area contributed by atoms with Crippen molar-refractivity contribution in [2.75, 3.05) is 38.8 Å². The van der Waals surface area contributed by atoms with Crippen LogP contribution in [0, 0.1) is 23.7 Å². The lowest BCUT2D eigenvalue weighted by molar-refractivity contribution is -0.0643. The van der Waals surface area contributed by atoms with Crippen molar-refractivity contribution >= 4 is 23.3 Å². The molecule has 0 saturated heterocycles. The summed E-state index contributed by atoms with van der Waals surface area (Å²) in [6.07, 6.45) is 15.3. The van der Waals surface area contributed by atoms with E-state index in [1.54, 1.807) is 0 Å². The van der Waals surface area contributed by atoms with Crippen LogP contribution in [0.5, 0.6) is 5.75 Å². The van der Waals surface area contributed by atoms with Crippen molar-refractivity contribution in [3.63, 3.8) is 0 Å². The Morgan fingerprint density at radius 1 is 1.09 bits per heavy atom. The van der Waals surface area contributed by atoms with Crippen LogP contribution >= 0.6 is 11.6 Å². The van der Waals surface area contributed by atoms with Crippen LogP contribution in [-0.2, 0) is 27.7 Å². The Morgan fingerprint density at radius 2 is 1.96 bits per heavy atom. The summed E-state index contributed by atoms with van der Waals surface area (Å²) < 4.78 is 18.2. The second kappa shape index (κ2) is 13.5. The Hall–Kier alpha value is -3.16. The van der Waals surface area contributed by atoms with E-state index >= 15 is 0 Å². The molecule has 1 aliphatic heterocycles. The van der Waals surface area contributed by atoms with Crippen LogP contribution in [0.2, 0.25) is 5.02 Å². The second-order valence-corrected chi connectivity index (χ2v) is 14.6. The number of rotatable bonds is 8. The van der Waals surface area contributed by atoms with Gasteiger partial charge >= 0.3 is 5.97 Å². The Kier molecular flexibility index (Phi) is 9.24. The molecule has 0 bridgehead atoms. The van der Waals surface area contributed by atoms with E-state index in [2.05, 4.69) is 27.0 Å². The number of fused-ring (bicyclic) bond motifs is 3. The molecule has 244 valence electrons. The maximum atomic E-state index is 12.7. The fraction of sp³-hybridized carbons (Fsp3) is 0.553. The lowest BCUT2D eigenvalue weighted by Gasteiger charge is -2.48. The number of methoxy groups -OCH3 is 2. The first-order chi connectivity index (χ1) is 22.5. The molecule has 2 saturated carbocycles. The molecule has 0 amide bonds. The standard InChI is InChI=1S/C38H46ClN3O4/c1-44-36(27-7-3-6-25(18-27)19-35-40-16-5-17-41-35)31-12-9-29(31)22-42-23-38(15-4-8-26-20-30(39)11-13-32(26)38)24-46-34-14-10-28(21-33(34)42)37(43)45-2/h5,10-11,13-14,16-17,20-21,25,27,29,31,36H,3-4,6-9,12,15,18-19,22-24H2,1-2H3/t25-,27-,29-,31+,36-,38-/m0/s1. The Bertz CT molecular complexity index is 1540. The van der Waals surface area contributed by atoms with Crippen molar-refractivity contribution in [3.05, 3.63) is 82.4 Å². The first kappa shape index (κ1) is 31.4. The van der Waals surface area contributed by atoms with Gasteiger partial charge in [0, 0.05) is 49.5 Å². The summed E-state index contributed by atoms with van der Waals surface area (Å²) in [5.41, 5.74) is 4.07. The molecular weight excluding hydrogens is 598 g/mol. The molecule has 7 nitrogen and oxygen atoms in total. The third-order valence-electron chi connectivity index (χ3n) is 11.5. The maximum Gasteiger partial charge on any atom is 0.337 e. The van der Waals surface area contributed by atoms with Crippen molar-refractivity contribution in [2.24, 2.45) is 23.7 Å². The number of aromatic nitrogens is 2. The minimum absolute atomic E-state index is 0.154. The first-order valence-corrected chi connectivity index (χ1v) is 17.5. The zero-order chi connectivity index (χ0) is 31.7. The predicted octanol–water partition coefficient (Wildman–Crippen LogP) is 7.48. The number of nitrogens with zero attached hydrogens (tertiary/aromatic N) is 3. The Balaban J connectivity index is 1.15. The van der Waals surface area contributed by atoms with E-state index in [9.17, 15) is 4.79 Å². The van der Waals surface area contributed by atoms with Gasteiger partial charge in [0.2, 0.25) is 0 Å². The van der Waals surface area contributed by atoms with Gasteiger partial charge in [-0.2, -0.15) is 0 Å². The lowest BCUT2D eigenvalue weighted by atomic mass is 9.64. The molecule has 6 atom stereocenters. The molecule has 3 aliphatic carbocycles. The van der Waals surface area contributed by atoms with Gasteiger partial charge in [0.05, 0.1) is 31.1 Å². The molecular formula is C38H46ClN3O4. The average molecular weight is 644 g/mol. The molecule has 1 aromatic heterocycles. The highest BCUT2D eigenvalue weighted by Crippen LogP contribution is 2.49. The zero-order valence-corrected chi connectivity index (χ0v) is 27.9. The third kappa shape index (κ3) is 6.25. The summed E-state index contributed by atoms with van der Waals surface area (Å²) in [5.74, 6) is 3.62. The first-order valence-electron chi connectivity index (χ1n) is 17.1. The van der Waals surface area contributed by atoms with Gasteiger partial charge in [0.25, 0.3) is 0 Å². The molecule has 2 fully saturated rings. The fourth-order valence-corrected chi connectivity index (χ4v) is 9.32. The highest BCUT2D eigenvalue weighted by atomic mass is 35.5. The van der Waals surface area contributed by atoms with Crippen molar-refractivity contribution in [2.45, 2.75) is 75.7 Å². The van der Waals surface area contributed by atoms with E-state index in [0.29, 0.717) is 35.8 Å². The van der Waals surface area contributed by atoms with E-state index in [1.807, 2.05) is 49.8 Å². The SMILES string of the molecule is COC(=O)c1ccc2c(c1)N(C[C@@H]1CC[C@H]1[C@@H](OC)[C@H]1CCC[C@H](Cc3ncccn3)C1)C[C@@]1(CCCc3cc(Cl)ccc31)CO2. The molecule has 0 unspecified atom stereocenters. The van der Waals surface area contributed by atoms with Crippen molar-refractivity contribution < 1.29 is 19.0 Å². The number of carbonyl (C=O) groups excluding carboxylic acids is 1. The van der Waals surface area contributed by atoms with Crippen LogP contribution in [0.1, 0.15) is 78.7 Å². The molecule has 7 rings (SSSR count). The van der Waals surface area contributed by atoms with Gasteiger partial charge in [-0.15, -0.1) is 0 Å². The predicted molar refractivity (Wildman–Crippen MR) is 180 cm³/mol. The van der Waals surface area contributed by atoms with Gasteiger partial charge in [-0.3, -0.25) is 0 Å². The Labute approximate surface area is 278 Å². The van der Waals surface area contributed by atoms with Crippen LogP contribution < -0.4 is 9.64 Å². The number of ether oxygens (including phenoxy) is 3. The second-order valence-electron chi connectivity index (χ2n) is 14.1. The van der Waals surface area contributed by atoms with Crippen molar-refractivity contribution in [1.29, 1.82) is 0 Å². The molecule has 2 aromatic carbocycles. The summed E-state index contributed by atoms with van der Waals surface area (Å²) in [6.45, 7) is 2.35. The lowest BCUT2D eigenvalue weighted by Crippen LogP contribution is -2.51. The number of anilines is 1. The van der Waals surface area contributed by atoms with Gasteiger partial charge in [0.1, 0.15) is 11.6 Å². The number of carbonyl (C=O) groups is 1. The number of esters is 1. The van der Waals surface area contributed by atoms with Gasteiger partial charge < -0.3 is 19.1 Å². The van der Waals surface area contributed by atoms with E-state index in [4.69, 9.17) is 25.8 Å². The highest BCUT2D eigenvalue weighted by Gasteiger charge is 2.46.